The predicted octanol–water partition coefficient (Wildman–Crippen LogP) is 3.46. The number of likely N-dealkylation sites (tertiary alicyclic amines) is 1. The lowest BCUT2D eigenvalue weighted by Gasteiger charge is -2.47. The molecule has 8 heteroatoms. The molecule has 2 amide bonds. The molecule has 2 N–H and O–H groups in total. The van der Waals surface area contributed by atoms with Crippen LogP contribution >= 0.6 is 15.9 Å². The Morgan fingerprint density at radius 2 is 1.85 bits per heavy atom. The number of H-pyrrole nitrogens is 1. The van der Waals surface area contributed by atoms with Gasteiger partial charge >= 0.3 is 0 Å². The molecule has 7 nitrogen and oxygen atoms in total. The second-order valence-corrected chi connectivity index (χ2v) is 10.2. The molecule has 5 rings (SSSR count). The van der Waals surface area contributed by atoms with E-state index in [2.05, 4.69) is 45.0 Å². The van der Waals surface area contributed by atoms with Crippen molar-refractivity contribution in [3.63, 3.8) is 0 Å². The fourth-order valence-electron chi connectivity index (χ4n) is 5.70. The molecule has 33 heavy (non-hydrogen) atoms. The maximum atomic E-state index is 14.0. The lowest BCUT2D eigenvalue weighted by atomic mass is 9.83. The van der Waals surface area contributed by atoms with Gasteiger partial charge in [0.15, 0.2) is 0 Å². The Morgan fingerprint density at radius 3 is 2.52 bits per heavy atom. The average molecular weight is 513 g/mol. The fraction of sp³-hybridized carbons (Fsp3) is 0.440. The largest absolute Gasteiger partial charge is 0.379 e. The topological polar surface area (TPSA) is 77.7 Å². The number of benzene rings is 1. The van der Waals surface area contributed by atoms with Gasteiger partial charge in [0.25, 0.3) is 11.8 Å². The Hall–Kier alpha value is -2.42. The summed E-state index contributed by atoms with van der Waals surface area (Å²) in [5, 5.41) is 2.93. The predicted molar refractivity (Wildman–Crippen MR) is 131 cm³/mol. The molecular formula is C25H29BrN4O3. The molecule has 4 heterocycles. The van der Waals surface area contributed by atoms with Crippen molar-refractivity contribution in [3.05, 3.63) is 52.3 Å². The first-order chi connectivity index (χ1) is 15.9. The van der Waals surface area contributed by atoms with Crippen LogP contribution in [-0.4, -0.2) is 72.0 Å². The smallest absolute Gasteiger partial charge is 0.257 e. The minimum Gasteiger partial charge on any atom is -0.379 e. The lowest BCUT2D eigenvalue weighted by Crippen LogP contribution is -2.58. The van der Waals surface area contributed by atoms with Crippen LogP contribution in [-0.2, 0) is 14.3 Å². The Kier molecular flexibility index (Phi) is 6.16. The van der Waals surface area contributed by atoms with E-state index < -0.39 is 0 Å². The van der Waals surface area contributed by atoms with Crippen LogP contribution in [0.25, 0.3) is 11.1 Å². The van der Waals surface area contributed by atoms with E-state index in [1.165, 1.54) is 0 Å². The number of anilines is 1. The van der Waals surface area contributed by atoms with Crippen LogP contribution in [0.5, 0.6) is 0 Å². The maximum Gasteiger partial charge on any atom is 0.257 e. The number of fused-ring (bicyclic) bond motifs is 1. The Morgan fingerprint density at radius 1 is 1.12 bits per heavy atom. The van der Waals surface area contributed by atoms with E-state index in [1.807, 2.05) is 35.2 Å². The summed E-state index contributed by atoms with van der Waals surface area (Å²) in [6.45, 7) is 9.21. The zero-order valence-electron chi connectivity index (χ0n) is 18.9. The summed E-state index contributed by atoms with van der Waals surface area (Å²) in [7, 11) is 0. The third-order valence-corrected chi connectivity index (χ3v) is 7.49. The van der Waals surface area contributed by atoms with E-state index in [0.29, 0.717) is 53.5 Å². The van der Waals surface area contributed by atoms with Crippen LogP contribution in [0.4, 0.5) is 5.69 Å². The van der Waals surface area contributed by atoms with Crippen LogP contribution in [0.3, 0.4) is 0 Å². The molecule has 2 saturated heterocycles. The third kappa shape index (κ3) is 4.16. The molecule has 0 saturated carbocycles. The van der Waals surface area contributed by atoms with Gasteiger partial charge < -0.3 is 19.9 Å². The van der Waals surface area contributed by atoms with Gasteiger partial charge in [-0.3, -0.25) is 14.5 Å². The Labute approximate surface area is 202 Å². The SMILES string of the molecule is CC1CN(C(=O)/C(=C2\C(=O)Nc3cc(Br)ccc32)c2ccc[nH]2)CC(C)C1N1CCOCC1. The van der Waals surface area contributed by atoms with E-state index in [-0.39, 0.29) is 11.8 Å². The summed E-state index contributed by atoms with van der Waals surface area (Å²) in [5.74, 6) is 0.306. The van der Waals surface area contributed by atoms with Crippen molar-refractivity contribution in [2.45, 2.75) is 19.9 Å². The minimum absolute atomic E-state index is 0.0995. The highest BCUT2D eigenvalue weighted by atomic mass is 79.9. The number of morpholine rings is 1. The number of hydrogen-bond donors (Lipinski definition) is 2. The maximum absolute atomic E-state index is 14.0. The molecule has 3 aliphatic heterocycles. The number of piperidine rings is 1. The number of amides is 2. The lowest BCUT2D eigenvalue weighted by molar-refractivity contribution is -0.130. The first kappa shape index (κ1) is 22.4. The third-order valence-electron chi connectivity index (χ3n) is 6.99. The van der Waals surface area contributed by atoms with Crippen molar-refractivity contribution < 1.29 is 14.3 Å². The molecule has 0 aliphatic carbocycles. The highest BCUT2D eigenvalue weighted by Gasteiger charge is 2.40. The number of carbonyl (C=O) groups is 2. The van der Waals surface area contributed by atoms with Crippen LogP contribution in [0.15, 0.2) is 41.0 Å². The fourth-order valence-corrected chi connectivity index (χ4v) is 6.06. The molecule has 3 aliphatic rings. The summed E-state index contributed by atoms with van der Waals surface area (Å²) in [4.78, 5) is 34.7. The highest BCUT2D eigenvalue weighted by molar-refractivity contribution is 9.10. The van der Waals surface area contributed by atoms with Gasteiger partial charge in [0, 0.05) is 48.5 Å². The first-order valence-corrected chi connectivity index (χ1v) is 12.3. The molecule has 2 unspecified atom stereocenters. The molecule has 2 fully saturated rings. The van der Waals surface area contributed by atoms with E-state index in [4.69, 9.17) is 4.74 Å². The molecule has 0 radical (unpaired) electrons. The van der Waals surface area contributed by atoms with Crippen molar-refractivity contribution in [2.24, 2.45) is 11.8 Å². The minimum atomic E-state index is -0.245. The summed E-state index contributed by atoms with van der Waals surface area (Å²) in [6, 6.07) is 9.79. The van der Waals surface area contributed by atoms with E-state index in [9.17, 15) is 9.59 Å². The van der Waals surface area contributed by atoms with Gasteiger partial charge in [0.2, 0.25) is 0 Å². The van der Waals surface area contributed by atoms with Crippen LogP contribution in [0, 0.1) is 11.8 Å². The van der Waals surface area contributed by atoms with Gasteiger partial charge in [-0.1, -0.05) is 35.8 Å². The standard InChI is InChI=1S/C25H29BrN4O3/c1-15-13-30(14-16(2)23(15)29-8-10-33-11-9-29)25(32)22(19-4-3-7-27-19)21-18-6-5-17(26)12-20(18)28-24(21)31/h3-7,12,15-16,23,27H,8-11,13-14H2,1-2H3,(H,28,31)/b22-21-. The monoisotopic (exact) mass is 512 g/mol. The number of aromatic amines is 1. The van der Waals surface area contributed by atoms with Crippen LogP contribution in [0.2, 0.25) is 0 Å². The van der Waals surface area contributed by atoms with Gasteiger partial charge in [-0.05, 0) is 36.1 Å². The zero-order valence-corrected chi connectivity index (χ0v) is 20.5. The van der Waals surface area contributed by atoms with Crippen molar-refractivity contribution in [3.8, 4) is 0 Å². The van der Waals surface area contributed by atoms with Gasteiger partial charge in [0.05, 0.1) is 35.7 Å². The van der Waals surface area contributed by atoms with Crippen LogP contribution < -0.4 is 5.32 Å². The molecule has 0 spiro atoms. The Bertz CT molecular complexity index is 1080. The highest BCUT2D eigenvalue weighted by Crippen LogP contribution is 2.39. The van der Waals surface area contributed by atoms with E-state index in [1.54, 1.807) is 6.20 Å². The molecule has 1 aromatic carbocycles. The number of nitrogens with zero attached hydrogens (tertiary/aromatic N) is 2. The van der Waals surface area contributed by atoms with E-state index in [0.717, 1.165) is 36.3 Å². The Balaban J connectivity index is 1.49. The molecule has 174 valence electrons. The first-order valence-electron chi connectivity index (χ1n) is 11.5. The molecule has 1 aromatic heterocycles. The van der Waals surface area contributed by atoms with Crippen molar-refractivity contribution in [2.75, 3.05) is 44.7 Å². The second-order valence-electron chi connectivity index (χ2n) is 9.28. The zero-order chi connectivity index (χ0) is 23.1. The van der Waals surface area contributed by atoms with E-state index >= 15 is 0 Å². The number of ether oxygens (including phenoxy) is 1. The summed E-state index contributed by atoms with van der Waals surface area (Å²) < 4.78 is 6.42. The van der Waals surface area contributed by atoms with Crippen LogP contribution in [0.1, 0.15) is 25.1 Å². The number of aromatic nitrogens is 1. The molecule has 0 bridgehead atoms. The van der Waals surface area contributed by atoms with Crippen molar-refractivity contribution in [1.29, 1.82) is 0 Å². The van der Waals surface area contributed by atoms with Gasteiger partial charge in [-0.25, -0.2) is 0 Å². The molecule has 2 atom stereocenters. The van der Waals surface area contributed by atoms with Gasteiger partial charge in [-0.15, -0.1) is 0 Å². The number of rotatable bonds is 3. The summed E-state index contributed by atoms with van der Waals surface area (Å²) in [5.41, 5.74) is 3.00. The molecule has 2 aromatic rings. The van der Waals surface area contributed by atoms with Crippen molar-refractivity contribution >= 4 is 44.6 Å². The molecular weight excluding hydrogens is 484 g/mol. The normalized spacial score (nSPS) is 27.3. The van der Waals surface area contributed by atoms with Gasteiger partial charge in [-0.2, -0.15) is 0 Å². The van der Waals surface area contributed by atoms with Gasteiger partial charge in [0.1, 0.15) is 0 Å². The number of hydrogen-bond acceptors (Lipinski definition) is 4. The quantitative estimate of drug-likeness (QED) is 0.617. The summed E-state index contributed by atoms with van der Waals surface area (Å²) in [6.07, 6.45) is 1.79. The number of carbonyl (C=O) groups excluding carboxylic acids is 2. The number of halogens is 1. The average Bonchev–Trinajstić information content (AvgIpc) is 3.42. The van der Waals surface area contributed by atoms with Crippen molar-refractivity contribution in [1.82, 2.24) is 14.8 Å². The summed E-state index contributed by atoms with van der Waals surface area (Å²) >= 11 is 3.46. The second kappa shape index (κ2) is 9.08. The number of nitrogens with one attached hydrogen (secondary N) is 2.